The first-order valence-corrected chi connectivity index (χ1v) is 5.03. The van der Waals surface area contributed by atoms with Crippen molar-refractivity contribution in [3.05, 3.63) is 35.4 Å². The molecule has 2 rings (SSSR count). The third-order valence-corrected chi connectivity index (χ3v) is 2.58. The molecule has 0 fully saturated rings. The molecule has 74 valence electrons. The molecule has 1 aliphatic rings. The summed E-state index contributed by atoms with van der Waals surface area (Å²) in [6.45, 7) is 0.000552. The summed E-state index contributed by atoms with van der Waals surface area (Å²) in [4.78, 5) is 10.6. The number of hydrogen-bond acceptors (Lipinski definition) is 2. The van der Waals surface area contributed by atoms with Gasteiger partial charge in [-0.25, -0.2) is 0 Å². The highest BCUT2D eigenvalue weighted by Gasteiger charge is 2.22. The van der Waals surface area contributed by atoms with Crippen LogP contribution in [-0.4, -0.2) is 11.8 Å². The summed E-state index contributed by atoms with van der Waals surface area (Å²) in [6, 6.07) is 8.16. The zero-order chi connectivity index (χ0) is 9.97. The van der Waals surface area contributed by atoms with Crippen LogP contribution < -0.4 is 0 Å². The van der Waals surface area contributed by atoms with Crippen molar-refractivity contribution >= 4 is 16.8 Å². The molecule has 0 spiro atoms. The van der Waals surface area contributed by atoms with Crippen LogP contribution in [0.1, 0.15) is 23.7 Å². The van der Waals surface area contributed by atoms with Crippen LogP contribution >= 0.6 is 11.6 Å². The molecule has 1 aliphatic carbocycles. The number of fused-ring (bicyclic) bond motifs is 1. The first-order chi connectivity index (χ1) is 6.77. The summed E-state index contributed by atoms with van der Waals surface area (Å²) in [6.07, 6.45) is 2.02. The minimum Gasteiger partial charge on any atom is -0.364 e. The molecule has 3 heteroatoms. The van der Waals surface area contributed by atoms with E-state index in [1.807, 2.05) is 18.2 Å². The molecule has 0 bridgehead atoms. The predicted molar refractivity (Wildman–Crippen MR) is 54.3 cm³/mol. The Labute approximate surface area is 87.8 Å². The van der Waals surface area contributed by atoms with Crippen molar-refractivity contribution in [1.82, 2.24) is 0 Å². The summed E-state index contributed by atoms with van der Waals surface area (Å²) in [5, 5.41) is -0.436. The SMILES string of the molecule is O=C(Cl)COC1CCc2ccccc21. The summed E-state index contributed by atoms with van der Waals surface area (Å²) >= 11 is 5.22. The van der Waals surface area contributed by atoms with Gasteiger partial charge in [0, 0.05) is 0 Å². The van der Waals surface area contributed by atoms with Crippen LogP contribution in [0.15, 0.2) is 24.3 Å². The minimum atomic E-state index is -0.436. The molecule has 0 heterocycles. The van der Waals surface area contributed by atoms with E-state index in [2.05, 4.69) is 6.07 Å². The fourth-order valence-corrected chi connectivity index (χ4v) is 1.92. The quantitative estimate of drug-likeness (QED) is 0.717. The number of aryl methyl sites for hydroxylation is 1. The lowest BCUT2D eigenvalue weighted by Crippen LogP contribution is -2.06. The van der Waals surface area contributed by atoms with E-state index in [-0.39, 0.29) is 12.7 Å². The van der Waals surface area contributed by atoms with E-state index in [0.717, 1.165) is 12.8 Å². The standard InChI is InChI=1S/C11H11ClO2/c12-11(13)7-14-10-6-5-8-3-1-2-4-9(8)10/h1-4,10H,5-7H2. The van der Waals surface area contributed by atoms with Crippen LogP contribution in [0, 0.1) is 0 Å². The average molecular weight is 211 g/mol. The van der Waals surface area contributed by atoms with E-state index in [0.29, 0.717) is 0 Å². The molecule has 0 aliphatic heterocycles. The van der Waals surface area contributed by atoms with Crippen molar-refractivity contribution in [2.24, 2.45) is 0 Å². The van der Waals surface area contributed by atoms with Gasteiger partial charge in [-0.05, 0) is 35.6 Å². The van der Waals surface area contributed by atoms with Gasteiger partial charge in [0.2, 0.25) is 5.24 Å². The van der Waals surface area contributed by atoms with Crippen LogP contribution in [-0.2, 0) is 16.0 Å². The summed E-state index contributed by atoms with van der Waals surface area (Å²) < 4.78 is 5.41. The fraction of sp³-hybridized carbons (Fsp3) is 0.364. The van der Waals surface area contributed by atoms with Crippen molar-refractivity contribution < 1.29 is 9.53 Å². The van der Waals surface area contributed by atoms with Crippen LogP contribution in [0.4, 0.5) is 0 Å². The van der Waals surface area contributed by atoms with Crippen molar-refractivity contribution in [3.8, 4) is 0 Å². The Morgan fingerprint density at radius 2 is 2.29 bits per heavy atom. The first kappa shape index (κ1) is 9.69. The molecular weight excluding hydrogens is 200 g/mol. The highest BCUT2D eigenvalue weighted by atomic mass is 35.5. The van der Waals surface area contributed by atoms with Crippen molar-refractivity contribution in [2.75, 3.05) is 6.61 Å². The van der Waals surface area contributed by atoms with E-state index in [9.17, 15) is 4.79 Å². The number of ether oxygens (including phenoxy) is 1. The van der Waals surface area contributed by atoms with Gasteiger partial charge in [0.05, 0.1) is 6.10 Å². The smallest absolute Gasteiger partial charge is 0.247 e. The first-order valence-electron chi connectivity index (χ1n) is 4.65. The van der Waals surface area contributed by atoms with E-state index in [1.165, 1.54) is 11.1 Å². The topological polar surface area (TPSA) is 26.3 Å². The minimum absolute atomic E-state index is 0.000552. The van der Waals surface area contributed by atoms with Gasteiger partial charge in [-0.2, -0.15) is 0 Å². The molecule has 1 aromatic carbocycles. The number of carbonyl (C=O) groups excluding carboxylic acids is 1. The number of carbonyl (C=O) groups is 1. The van der Waals surface area contributed by atoms with Gasteiger partial charge < -0.3 is 4.74 Å². The molecule has 0 saturated carbocycles. The van der Waals surface area contributed by atoms with Gasteiger partial charge in [0.15, 0.2) is 0 Å². The number of halogens is 1. The van der Waals surface area contributed by atoms with Crippen molar-refractivity contribution in [3.63, 3.8) is 0 Å². The number of rotatable bonds is 3. The van der Waals surface area contributed by atoms with Crippen molar-refractivity contribution in [2.45, 2.75) is 18.9 Å². The van der Waals surface area contributed by atoms with Crippen LogP contribution in [0.2, 0.25) is 0 Å². The molecule has 1 atom stereocenters. The number of hydrogen-bond donors (Lipinski definition) is 0. The average Bonchev–Trinajstić information content (AvgIpc) is 2.58. The van der Waals surface area contributed by atoms with Gasteiger partial charge in [-0.15, -0.1) is 0 Å². The molecule has 14 heavy (non-hydrogen) atoms. The zero-order valence-electron chi connectivity index (χ0n) is 7.70. The van der Waals surface area contributed by atoms with Gasteiger partial charge in [0.25, 0.3) is 0 Å². The van der Waals surface area contributed by atoms with E-state index in [4.69, 9.17) is 16.3 Å². The largest absolute Gasteiger partial charge is 0.364 e. The van der Waals surface area contributed by atoms with Crippen LogP contribution in [0.5, 0.6) is 0 Å². The Kier molecular flexibility index (Phi) is 2.85. The lowest BCUT2D eigenvalue weighted by atomic mass is 10.1. The Morgan fingerprint density at radius 1 is 1.50 bits per heavy atom. The Balaban J connectivity index is 2.07. The third-order valence-electron chi connectivity index (χ3n) is 2.48. The second kappa shape index (κ2) is 4.11. The Bertz CT molecular complexity index is 349. The summed E-state index contributed by atoms with van der Waals surface area (Å²) in [7, 11) is 0. The van der Waals surface area contributed by atoms with Crippen molar-refractivity contribution in [1.29, 1.82) is 0 Å². The normalized spacial score (nSPS) is 19.4. The highest BCUT2D eigenvalue weighted by molar-refractivity contribution is 6.63. The Hall–Kier alpha value is -0.860. The Morgan fingerprint density at radius 3 is 3.07 bits per heavy atom. The molecule has 0 radical (unpaired) electrons. The molecule has 0 saturated heterocycles. The molecule has 1 aromatic rings. The van der Waals surface area contributed by atoms with Crippen LogP contribution in [0.25, 0.3) is 0 Å². The maximum atomic E-state index is 10.6. The number of benzene rings is 1. The molecule has 1 unspecified atom stereocenters. The summed E-state index contributed by atoms with van der Waals surface area (Å²) in [5.41, 5.74) is 2.52. The van der Waals surface area contributed by atoms with E-state index in [1.54, 1.807) is 0 Å². The van der Waals surface area contributed by atoms with E-state index < -0.39 is 5.24 Å². The zero-order valence-corrected chi connectivity index (χ0v) is 8.46. The lowest BCUT2D eigenvalue weighted by molar-refractivity contribution is -0.117. The van der Waals surface area contributed by atoms with Gasteiger partial charge in [-0.1, -0.05) is 24.3 Å². The maximum Gasteiger partial charge on any atom is 0.247 e. The molecule has 0 aromatic heterocycles. The molecule has 0 amide bonds. The maximum absolute atomic E-state index is 10.6. The third kappa shape index (κ3) is 1.97. The second-order valence-corrected chi connectivity index (χ2v) is 3.81. The van der Waals surface area contributed by atoms with Crippen LogP contribution in [0.3, 0.4) is 0 Å². The second-order valence-electron chi connectivity index (χ2n) is 3.39. The fourth-order valence-electron chi connectivity index (χ4n) is 1.86. The molecular formula is C11H11ClO2. The van der Waals surface area contributed by atoms with E-state index >= 15 is 0 Å². The monoisotopic (exact) mass is 210 g/mol. The van der Waals surface area contributed by atoms with Gasteiger partial charge >= 0.3 is 0 Å². The molecule has 0 N–H and O–H groups in total. The van der Waals surface area contributed by atoms with Gasteiger partial charge in [-0.3, -0.25) is 4.79 Å². The predicted octanol–water partition coefficient (Wildman–Crippen LogP) is 2.46. The summed E-state index contributed by atoms with van der Waals surface area (Å²) in [5.74, 6) is 0. The highest BCUT2D eigenvalue weighted by Crippen LogP contribution is 2.33. The molecule has 2 nitrogen and oxygen atoms in total. The van der Waals surface area contributed by atoms with Gasteiger partial charge in [0.1, 0.15) is 6.61 Å². The lowest BCUT2D eigenvalue weighted by Gasteiger charge is -2.10.